The lowest BCUT2D eigenvalue weighted by atomic mass is 10.1. The zero-order chi connectivity index (χ0) is 21.4. The highest BCUT2D eigenvalue weighted by Gasteiger charge is 2.21. The van der Waals surface area contributed by atoms with Crippen LogP contribution in [0.25, 0.3) is 17.1 Å². The molecule has 0 saturated carbocycles. The summed E-state index contributed by atoms with van der Waals surface area (Å²) in [5, 5.41) is 0.726. The molecule has 2 aromatic heterocycles. The van der Waals surface area contributed by atoms with Crippen molar-refractivity contribution in [3.63, 3.8) is 0 Å². The maximum absolute atomic E-state index is 6.01. The molecule has 156 valence electrons. The van der Waals surface area contributed by atoms with Gasteiger partial charge in [0.2, 0.25) is 0 Å². The smallest absolute Gasteiger partial charge is 0.159 e. The van der Waals surface area contributed by atoms with Crippen molar-refractivity contribution in [1.82, 2.24) is 19.4 Å². The Morgan fingerprint density at radius 3 is 2.55 bits per heavy atom. The Morgan fingerprint density at radius 2 is 1.77 bits per heavy atom. The Hall–Kier alpha value is -2.95. The lowest BCUT2D eigenvalue weighted by Gasteiger charge is -2.28. The van der Waals surface area contributed by atoms with Gasteiger partial charge in [0.15, 0.2) is 5.82 Å². The standard InChI is InChI=1S/C26H25ClN4/c1-18-14-21(19(2)31(18)24-6-4-3-5-7-24)16-30-13-12-25-22(17-30)15-28-26(29-25)20-8-10-23(27)11-9-20/h3-11,14-15H,12-13,16-17H2,1-2H3. The summed E-state index contributed by atoms with van der Waals surface area (Å²) in [5.74, 6) is 0.773. The molecule has 0 aliphatic carbocycles. The van der Waals surface area contributed by atoms with Gasteiger partial charge in [-0.25, -0.2) is 9.97 Å². The van der Waals surface area contributed by atoms with Crippen LogP contribution in [0.5, 0.6) is 0 Å². The van der Waals surface area contributed by atoms with Crippen LogP contribution in [0.1, 0.15) is 28.2 Å². The maximum Gasteiger partial charge on any atom is 0.159 e. The molecule has 5 rings (SSSR count). The molecule has 0 saturated heterocycles. The van der Waals surface area contributed by atoms with Crippen molar-refractivity contribution in [2.45, 2.75) is 33.4 Å². The summed E-state index contributed by atoms with van der Waals surface area (Å²) in [6.45, 7) is 7.21. The number of benzene rings is 2. The molecular formula is C26H25ClN4. The van der Waals surface area contributed by atoms with Gasteiger partial charge in [0.1, 0.15) is 0 Å². The second-order valence-corrected chi connectivity index (χ2v) is 8.64. The van der Waals surface area contributed by atoms with Crippen LogP contribution in [0.15, 0.2) is 66.9 Å². The zero-order valence-electron chi connectivity index (χ0n) is 17.8. The Bertz CT molecular complexity index is 1210. The third-order valence-corrected chi connectivity index (χ3v) is 6.31. The first kappa shape index (κ1) is 20.0. The molecule has 4 nitrogen and oxygen atoms in total. The number of para-hydroxylation sites is 1. The zero-order valence-corrected chi connectivity index (χ0v) is 18.6. The van der Waals surface area contributed by atoms with Gasteiger partial charge in [-0.3, -0.25) is 4.90 Å². The van der Waals surface area contributed by atoms with Gasteiger partial charge in [-0.2, -0.15) is 0 Å². The highest BCUT2D eigenvalue weighted by Crippen LogP contribution is 2.26. The lowest BCUT2D eigenvalue weighted by molar-refractivity contribution is 0.242. The number of aromatic nitrogens is 3. The molecule has 2 aromatic carbocycles. The molecule has 1 aliphatic rings. The van der Waals surface area contributed by atoms with E-state index >= 15 is 0 Å². The molecule has 4 aromatic rings. The number of nitrogens with zero attached hydrogens (tertiary/aromatic N) is 4. The Labute approximate surface area is 188 Å². The minimum Gasteiger partial charge on any atom is -0.318 e. The minimum absolute atomic E-state index is 0.726. The summed E-state index contributed by atoms with van der Waals surface area (Å²) in [4.78, 5) is 12.0. The van der Waals surface area contributed by atoms with Crippen molar-refractivity contribution >= 4 is 11.6 Å². The third-order valence-electron chi connectivity index (χ3n) is 6.06. The van der Waals surface area contributed by atoms with Gasteiger partial charge < -0.3 is 4.57 Å². The largest absolute Gasteiger partial charge is 0.318 e. The van der Waals surface area contributed by atoms with E-state index in [9.17, 15) is 0 Å². The second-order valence-electron chi connectivity index (χ2n) is 8.20. The number of hydrogen-bond acceptors (Lipinski definition) is 3. The molecule has 0 radical (unpaired) electrons. The van der Waals surface area contributed by atoms with Crippen LogP contribution in [-0.4, -0.2) is 26.0 Å². The number of aryl methyl sites for hydroxylation is 1. The topological polar surface area (TPSA) is 34.0 Å². The molecule has 31 heavy (non-hydrogen) atoms. The highest BCUT2D eigenvalue weighted by atomic mass is 35.5. The fourth-order valence-corrected chi connectivity index (χ4v) is 4.58. The average molecular weight is 429 g/mol. The Kier molecular flexibility index (Phi) is 5.34. The number of fused-ring (bicyclic) bond motifs is 1. The molecule has 1 aliphatic heterocycles. The number of rotatable bonds is 4. The first-order chi connectivity index (χ1) is 15.1. The average Bonchev–Trinajstić information content (AvgIpc) is 3.07. The fourth-order valence-electron chi connectivity index (χ4n) is 4.45. The van der Waals surface area contributed by atoms with Gasteiger partial charge in [0.25, 0.3) is 0 Å². The number of hydrogen-bond donors (Lipinski definition) is 0. The minimum atomic E-state index is 0.726. The molecule has 0 bridgehead atoms. The summed E-state index contributed by atoms with van der Waals surface area (Å²) < 4.78 is 2.34. The maximum atomic E-state index is 6.01. The Balaban J connectivity index is 1.34. The van der Waals surface area contributed by atoms with Crippen LogP contribution < -0.4 is 0 Å². The van der Waals surface area contributed by atoms with E-state index in [0.717, 1.165) is 48.2 Å². The van der Waals surface area contributed by atoms with E-state index in [1.54, 1.807) is 0 Å². The molecule has 0 fully saturated rings. The van der Waals surface area contributed by atoms with Gasteiger partial charge in [-0.15, -0.1) is 0 Å². The van der Waals surface area contributed by atoms with E-state index in [-0.39, 0.29) is 0 Å². The first-order valence-corrected chi connectivity index (χ1v) is 11.0. The fraction of sp³-hybridized carbons (Fsp3) is 0.231. The van der Waals surface area contributed by atoms with Crippen molar-refractivity contribution in [3.05, 3.63) is 100 Å². The van der Waals surface area contributed by atoms with Crippen LogP contribution in [-0.2, 0) is 19.5 Å². The van der Waals surface area contributed by atoms with Crippen molar-refractivity contribution in [2.75, 3.05) is 6.54 Å². The molecule has 0 amide bonds. The van der Waals surface area contributed by atoms with E-state index < -0.39 is 0 Å². The van der Waals surface area contributed by atoms with Gasteiger partial charge in [-0.05, 0) is 61.9 Å². The van der Waals surface area contributed by atoms with E-state index in [1.165, 1.54) is 28.2 Å². The lowest BCUT2D eigenvalue weighted by Crippen LogP contribution is -2.31. The van der Waals surface area contributed by atoms with Crippen molar-refractivity contribution in [2.24, 2.45) is 0 Å². The monoisotopic (exact) mass is 428 g/mol. The van der Waals surface area contributed by atoms with Crippen LogP contribution in [0.4, 0.5) is 0 Å². The summed E-state index contributed by atoms with van der Waals surface area (Å²) in [5.41, 5.74) is 8.56. The normalized spacial score (nSPS) is 13.9. The molecule has 3 heterocycles. The van der Waals surface area contributed by atoms with E-state index in [2.05, 4.69) is 64.7 Å². The predicted octanol–water partition coefficient (Wildman–Crippen LogP) is 5.76. The number of halogens is 1. The van der Waals surface area contributed by atoms with E-state index in [1.807, 2.05) is 30.5 Å². The molecule has 0 atom stereocenters. The van der Waals surface area contributed by atoms with E-state index in [0.29, 0.717) is 0 Å². The van der Waals surface area contributed by atoms with Gasteiger partial charge >= 0.3 is 0 Å². The molecule has 0 unspecified atom stereocenters. The van der Waals surface area contributed by atoms with Crippen LogP contribution >= 0.6 is 11.6 Å². The summed E-state index contributed by atoms with van der Waals surface area (Å²) in [6.07, 6.45) is 2.93. The van der Waals surface area contributed by atoms with Crippen molar-refractivity contribution in [1.29, 1.82) is 0 Å². The van der Waals surface area contributed by atoms with Gasteiger partial charge in [-0.1, -0.05) is 29.8 Å². The quantitative estimate of drug-likeness (QED) is 0.414. The Morgan fingerprint density at radius 1 is 1.00 bits per heavy atom. The predicted molar refractivity (Wildman–Crippen MR) is 126 cm³/mol. The third kappa shape index (κ3) is 4.01. The molecule has 0 N–H and O–H groups in total. The first-order valence-electron chi connectivity index (χ1n) is 10.6. The summed E-state index contributed by atoms with van der Waals surface area (Å²) in [7, 11) is 0. The van der Waals surface area contributed by atoms with Crippen LogP contribution in [0.2, 0.25) is 5.02 Å². The second kappa shape index (κ2) is 8.29. The summed E-state index contributed by atoms with van der Waals surface area (Å²) in [6, 6.07) is 20.6. The molecule has 5 heteroatoms. The van der Waals surface area contributed by atoms with E-state index in [4.69, 9.17) is 16.6 Å². The molecular weight excluding hydrogens is 404 g/mol. The molecule has 0 spiro atoms. The van der Waals surface area contributed by atoms with Crippen LogP contribution in [0, 0.1) is 13.8 Å². The summed E-state index contributed by atoms with van der Waals surface area (Å²) >= 11 is 6.01. The SMILES string of the molecule is Cc1cc(CN2CCc3nc(-c4ccc(Cl)cc4)ncc3C2)c(C)n1-c1ccccc1. The van der Waals surface area contributed by atoms with Crippen LogP contribution in [0.3, 0.4) is 0 Å². The van der Waals surface area contributed by atoms with Crippen molar-refractivity contribution < 1.29 is 0 Å². The van der Waals surface area contributed by atoms with Gasteiger partial charge in [0, 0.05) is 65.5 Å². The highest BCUT2D eigenvalue weighted by molar-refractivity contribution is 6.30. The van der Waals surface area contributed by atoms with Gasteiger partial charge in [0.05, 0.1) is 5.69 Å². The van der Waals surface area contributed by atoms with Crippen molar-refractivity contribution in [3.8, 4) is 17.1 Å².